The summed E-state index contributed by atoms with van der Waals surface area (Å²) < 4.78 is 64.1. The van der Waals surface area contributed by atoms with Crippen LogP contribution >= 0.6 is 11.6 Å². The monoisotopic (exact) mass is 393 g/mol. The summed E-state index contributed by atoms with van der Waals surface area (Å²) in [6.07, 6.45) is -5.77. The summed E-state index contributed by atoms with van der Waals surface area (Å²) >= 11 is 5.90. The van der Waals surface area contributed by atoms with E-state index < -0.39 is 27.9 Å². The molecule has 2 N–H and O–H groups in total. The van der Waals surface area contributed by atoms with Crippen LogP contribution in [-0.4, -0.2) is 20.1 Å². The average Bonchev–Trinajstić information content (AvgIpc) is 2.54. The van der Waals surface area contributed by atoms with E-state index in [2.05, 4.69) is 4.72 Å². The van der Waals surface area contributed by atoms with Crippen molar-refractivity contribution >= 4 is 21.6 Å². The first-order chi connectivity index (χ1) is 11.5. The maximum Gasteiger partial charge on any atom is 0.416 e. The molecule has 0 aliphatic heterocycles. The summed E-state index contributed by atoms with van der Waals surface area (Å²) in [7, 11) is -3.91. The smallest absolute Gasteiger partial charge is 0.387 e. The molecule has 1 unspecified atom stereocenters. The molecular formula is C16H15ClF3NO3S. The van der Waals surface area contributed by atoms with E-state index >= 15 is 0 Å². The standard InChI is InChI=1S/C16H15ClF3NO3S/c1-10-2-7-13(8-14(10)17)25(23,24)21-9-15(22)11-3-5-12(6-4-11)16(18,19)20/h2-8,15,21-22H,9H2,1H3. The third-order valence-corrected chi connectivity index (χ3v) is 5.37. The molecule has 1 atom stereocenters. The van der Waals surface area contributed by atoms with Crippen molar-refractivity contribution in [1.82, 2.24) is 4.72 Å². The van der Waals surface area contributed by atoms with Gasteiger partial charge in [0, 0.05) is 11.6 Å². The van der Waals surface area contributed by atoms with Crippen molar-refractivity contribution in [1.29, 1.82) is 0 Å². The number of hydrogen-bond donors (Lipinski definition) is 2. The van der Waals surface area contributed by atoms with Gasteiger partial charge in [0.2, 0.25) is 10.0 Å². The van der Waals surface area contributed by atoms with Crippen LogP contribution in [0.2, 0.25) is 5.02 Å². The minimum absolute atomic E-state index is 0.0669. The van der Waals surface area contributed by atoms with Crippen molar-refractivity contribution in [3.63, 3.8) is 0 Å². The normalized spacial score (nSPS) is 13.7. The van der Waals surface area contributed by atoms with E-state index in [1.807, 2.05) is 0 Å². The molecule has 9 heteroatoms. The Labute approximate surface area is 148 Å². The molecule has 0 heterocycles. The highest BCUT2D eigenvalue weighted by Gasteiger charge is 2.30. The Morgan fingerprint density at radius 2 is 1.76 bits per heavy atom. The molecule has 2 aromatic rings. The van der Waals surface area contributed by atoms with E-state index in [4.69, 9.17) is 11.6 Å². The molecule has 25 heavy (non-hydrogen) atoms. The van der Waals surface area contributed by atoms with Gasteiger partial charge in [-0.3, -0.25) is 0 Å². The lowest BCUT2D eigenvalue weighted by molar-refractivity contribution is -0.137. The quantitative estimate of drug-likeness (QED) is 0.814. The Kier molecular flexibility index (Phi) is 5.78. The number of aliphatic hydroxyl groups excluding tert-OH is 1. The molecule has 0 saturated carbocycles. The molecule has 4 nitrogen and oxygen atoms in total. The Morgan fingerprint density at radius 3 is 2.28 bits per heavy atom. The summed E-state index contributed by atoms with van der Waals surface area (Å²) in [6.45, 7) is 1.33. The third-order valence-electron chi connectivity index (χ3n) is 3.54. The largest absolute Gasteiger partial charge is 0.416 e. The van der Waals surface area contributed by atoms with E-state index in [0.29, 0.717) is 5.56 Å². The van der Waals surface area contributed by atoms with Crippen LogP contribution in [0, 0.1) is 6.92 Å². The van der Waals surface area contributed by atoms with E-state index in [1.165, 1.54) is 12.1 Å². The molecule has 0 saturated heterocycles. The van der Waals surface area contributed by atoms with Crippen LogP contribution in [0.5, 0.6) is 0 Å². The van der Waals surface area contributed by atoms with E-state index in [9.17, 15) is 26.7 Å². The van der Waals surface area contributed by atoms with Crippen molar-refractivity contribution in [3.05, 3.63) is 64.2 Å². The van der Waals surface area contributed by atoms with Crippen LogP contribution in [0.15, 0.2) is 47.4 Å². The minimum Gasteiger partial charge on any atom is -0.387 e. The molecule has 0 aliphatic carbocycles. The molecular weight excluding hydrogens is 379 g/mol. The zero-order valence-corrected chi connectivity index (χ0v) is 14.6. The Balaban J connectivity index is 2.08. The number of aliphatic hydroxyl groups is 1. The maximum absolute atomic E-state index is 12.5. The fourth-order valence-electron chi connectivity index (χ4n) is 2.02. The molecule has 0 spiro atoms. The summed E-state index contributed by atoms with van der Waals surface area (Å²) in [4.78, 5) is -0.0669. The second-order valence-electron chi connectivity index (χ2n) is 5.40. The minimum atomic E-state index is -4.48. The number of benzene rings is 2. The molecule has 136 valence electrons. The number of alkyl halides is 3. The van der Waals surface area contributed by atoms with E-state index in [1.54, 1.807) is 13.0 Å². The second-order valence-corrected chi connectivity index (χ2v) is 7.57. The predicted molar refractivity (Wildman–Crippen MR) is 87.8 cm³/mol. The number of nitrogens with one attached hydrogen (secondary N) is 1. The first kappa shape index (κ1) is 19.7. The van der Waals surface area contributed by atoms with E-state index in [-0.39, 0.29) is 22.0 Å². The lowest BCUT2D eigenvalue weighted by Gasteiger charge is -2.14. The van der Waals surface area contributed by atoms with Gasteiger partial charge in [-0.05, 0) is 42.3 Å². The van der Waals surface area contributed by atoms with Gasteiger partial charge in [-0.15, -0.1) is 0 Å². The van der Waals surface area contributed by atoms with Gasteiger partial charge in [-0.1, -0.05) is 29.8 Å². The zero-order chi connectivity index (χ0) is 18.8. The summed E-state index contributed by atoms with van der Waals surface area (Å²) in [6, 6.07) is 8.05. The number of rotatable bonds is 5. The molecule has 0 fully saturated rings. The molecule has 2 rings (SSSR count). The summed E-state index contributed by atoms with van der Waals surface area (Å²) in [5.74, 6) is 0. The topological polar surface area (TPSA) is 66.4 Å². The fourth-order valence-corrected chi connectivity index (χ4v) is 3.33. The van der Waals surface area contributed by atoms with Gasteiger partial charge < -0.3 is 5.11 Å². The van der Waals surface area contributed by atoms with Gasteiger partial charge >= 0.3 is 6.18 Å². The van der Waals surface area contributed by atoms with Crippen molar-refractivity contribution in [2.45, 2.75) is 24.1 Å². The SMILES string of the molecule is Cc1ccc(S(=O)(=O)NCC(O)c2ccc(C(F)(F)F)cc2)cc1Cl. The molecule has 0 bridgehead atoms. The Morgan fingerprint density at radius 1 is 1.16 bits per heavy atom. The van der Waals surface area contributed by atoms with Crippen LogP contribution in [-0.2, 0) is 16.2 Å². The summed E-state index contributed by atoms with van der Waals surface area (Å²) in [5.41, 5.74) is 0.0290. The number of sulfonamides is 1. The highest BCUT2D eigenvalue weighted by Crippen LogP contribution is 2.30. The average molecular weight is 394 g/mol. The number of aryl methyl sites for hydroxylation is 1. The van der Waals surface area contributed by atoms with Gasteiger partial charge in [-0.25, -0.2) is 13.1 Å². The zero-order valence-electron chi connectivity index (χ0n) is 13.0. The number of halogens is 4. The van der Waals surface area contributed by atoms with Crippen molar-refractivity contribution < 1.29 is 26.7 Å². The molecule has 2 aromatic carbocycles. The predicted octanol–water partition coefficient (Wildman–Crippen LogP) is 3.68. The van der Waals surface area contributed by atoms with Gasteiger partial charge in [0.1, 0.15) is 0 Å². The van der Waals surface area contributed by atoms with E-state index in [0.717, 1.165) is 24.3 Å². The van der Waals surface area contributed by atoms with Gasteiger partial charge in [0.05, 0.1) is 16.6 Å². The first-order valence-corrected chi connectivity index (χ1v) is 8.98. The summed E-state index contributed by atoms with van der Waals surface area (Å²) in [5, 5.41) is 10.3. The lowest BCUT2D eigenvalue weighted by atomic mass is 10.1. The van der Waals surface area contributed by atoms with Gasteiger partial charge in [0.25, 0.3) is 0 Å². The van der Waals surface area contributed by atoms with Crippen molar-refractivity contribution in [3.8, 4) is 0 Å². The Hall–Kier alpha value is -1.61. The van der Waals surface area contributed by atoms with Crippen LogP contribution in [0.3, 0.4) is 0 Å². The molecule has 0 amide bonds. The molecule has 0 radical (unpaired) electrons. The van der Waals surface area contributed by atoms with Crippen molar-refractivity contribution in [2.24, 2.45) is 0 Å². The van der Waals surface area contributed by atoms with Crippen LogP contribution in [0.1, 0.15) is 22.8 Å². The van der Waals surface area contributed by atoms with Gasteiger partial charge in [-0.2, -0.15) is 13.2 Å². The van der Waals surface area contributed by atoms with Gasteiger partial charge in [0.15, 0.2) is 0 Å². The first-order valence-electron chi connectivity index (χ1n) is 7.12. The fraction of sp³-hybridized carbons (Fsp3) is 0.250. The Bertz CT molecular complexity index is 852. The van der Waals surface area contributed by atoms with Crippen LogP contribution in [0.25, 0.3) is 0 Å². The van der Waals surface area contributed by atoms with Crippen LogP contribution < -0.4 is 4.72 Å². The van der Waals surface area contributed by atoms with Crippen LogP contribution in [0.4, 0.5) is 13.2 Å². The lowest BCUT2D eigenvalue weighted by Crippen LogP contribution is -2.28. The maximum atomic E-state index is 12.5. The van der Waals surface area contributed by atoms with Crippen molar-refractivity contribution in [2.75, 3.05) is 6.54 Å². The molecule has 0 aromatic heterocycles. The highest BCUT2D eigenvalue weighted by molar-refractivity contribution is 7.89. The second kappa shape index (κ2) is 7.33. The molecule has 0 aliphatic rings. The third kappa shape index (κ3) is 4.94. The number of hydrogen-bond acceptors (Lipinski definition) is 3. The highest BCUT2D eigenvalue weighted by atomic mass is 35.5.